The van der Waals surface area contributed by atoms with E-state index >= 15 is 0 Å². The van der Waals surface area contributed by atoms with Crippen LogP contribution in [0.2, 0.25) is 0 Å². The normalized spacial score (nSPS) is 14.4. The van der Waals surface area contributed by atoms with Gasteiger partial charge in [-0.2, -0.15) is 5.26 Å². The van der Waals surface area contributed by atoms with Gasteiger partial charge in [0.15, 0.2) is 5.69 Å². The summed E-state index contributed by atoms with van der Waals surface area (Å²) in [4.78, 5) is 22.9. The quantitative estimate of drug-likeness (QED) is 0.597. The van der Waals surface area contributed by atoms with Crippen molar-refractivity contribution < 1.29 is 4.92 Å². The van der Waals surface area contributed by atoms with Crippen molar-refractivity contribution in [1.29, 1.82) is 5.26 Å². The molecule has 2 aromatic rings. The van der Waals surface area contributed by atoms with E-state index in [-0.39, 0.29) is 11.4 Å². The minimum Gasteiger partial charge on any atom is -0.379 e. The molecule has 0 amide bonds. The van der Waals surface area contributed by atoms with E-state index in [4.69, 9.17) is 5.26 Å². The van der Waals surface area contributed by atoms with Gasteiger partial charge in [-0.25, -0.2) is 15.0 Å². The van der Waals surface area contributed by atoms with E-state index in [1.807, 2.05) is 6.07 Å². The number of nitro groups is 1. The van der Waals surface area contributed by atoms with E-state index in [2.05, 4.69) is 25.6 Å². The van der Waals surface area contributed by atoms with E-state index in [0.29, 0.717) is 29.8 Å². The van der Waals surface area contributed by atoms with Crippen LogP contribution < -0.4 is 10.6 Å². The van der Waals surface area contributed by atoms with Gasteiger partial charge in [0.1, 0.15) is 29.6 Å². The minimum absolute atomic E-state index is 0.0581. The standard InChI is InChI=1S/C17H19N7O2/c18-7-13-9-21-17(11-19-13)23-16-6-14(15(10-22-16)24(25)26)20-8-12-4-2-1-3-5-12/h6,9-12H,1-5,8H2,(H2,20,21,22,23). The molecule has 0 radical (unpaired) electrons. The Labute approximate surface area is 150 Å². The van der Waals surface area contributed by atoms with Gasteiger partial charge in [0.05, 0.1) is 17.3 Å². The maximum atomic E-state index is 11.3. The Balaban J connectivity index is 1.74. The van der Waals surface area contributed by atoms with Crippen LogP contribution in [0, 0.1) is 27.4 Å². The molecule has 1 saturated carbocycles. The van der Waals surface area contributed by atoms with Crippen molar-refractivity contribution in [2.24, 2.45) is 5.92 Å². The van der Waals surface area contributed by atoms with Gasteiger partial charge < -0.3 is 10.6 Å². The van der Waals surface area contributed by atoms with Crippen molar-refractivity contribution in [2.45, 2.75) is 32.1 Å². The summed E-state index contributed by atoms with van der Waals surface area (Å²) in [7, 11) is 0. The molecule has 0 saturated heterocycles. The molecule has 2 heterocycles. The van der Waals surface area contributed by atoms with Crippen LogP contribution in [0.4, 0.5) is 23.0 Å². The molecule has 0 unspecified atom stereocenters. The van der Waals surface area contributed by atoms with Gasteiger partial charge in [0, 0.05) is 12.6 Å². The lowest BCUT2D eigenvalue weighted by Gasteiger charge is -2.22. The second-order valence-corrected chi connectivity index (χ2v) is 6.25. The number of pyridine rings is 1. The van der Waals surface area contributed by atoms with Crippen molar-refractivity contribution in [3.8, 4) is 6.07 Å². The number of hydrogen-bond donors (Lipinski definition) is 2. The van der Waals surface area contributed by atoms with Gasteiger partial charge in [0.2, 0.25) is 0 Å². The summed E-state index contributed by atoms with van der Waals surface area (Å²) in [5.41, 5.74) is 0.582. The first kappa shape index (κ1) is 17.5. The average molecular weight is 353 g/mol. The molecule has 0 atom stereocenters. The molecular formula is C17H19N7O2. The summed E-state index contributed by atoms with van der Waals surface area (Å²) >= 11 is 0. The van der Waals surface area contributed by atoms with Crippen LogP contribution in [0.15, 0.2) is 24.7 Å². The second kappa shape index (κ2) is 8.20. The Hall–Kier alpha value is -3.28. The van der Waals surface area contributed by atoms with Gasteiger partial charge >= 0.3 is 5.69 Å². The Morgan fingerprint density at radius 3 is 2.58 bits per heavy atom. The fraction of sp³-hybridized carbons (Fsp3) is 0.412. The van der Waals surface area contributed by atoms with Crippen molar-refractivity contribution in [1.82, 2.24) is 15.0 Å². The third-order valence-corrected chi connectivity index (χ3v) is 4.41. The lowest BCUT2D eigenvalue weighted by atomic mass is 9.89. The van der Waals surface area contributed by atoms with Crippen molar-refractivity contribution in [3.63, 3.8) is 0 Å². The summed E-state index contributed by atoms with van der Waals surface area (Å²) in [5, 5.41) is 26.2. The average Bonchev–Trinajstić information content (AvgIpc) is 2.68. The van der Waals surface area contributed by atoms with E-state index in [1.54, 1.807) is 6.07 Å². The molecule has 0 aromatic carbocycles. The molecule has 1 aliphatic carbocycles. The van der Waals surface area contributed by atoms with E-state index in [9.17, 15) is 10.1 Å². The highest BCUT2D eigenvalue weighted by atomic mass is 16.6. The monoisotopic (exact) mass is 353 g/mol. The van der Waals surface area contributed by atoms with Gasteiger partial charge in [-0.1, -0.05) is 19.3 Å². The predicted molar refractivity (Wildman–Crippen MR) is 96.0 cm³/mol. The van der Waals surface area contributed by atoms with Gasteiger partial charge in [-0.15, -0.1) is 0 Å². The Morgan fingerprint density at radius 2 is 1.92 bits per heavy atom. The van der Waals surface area contributed by atoms with Crippen LogP contribution >= 0.6 is 0 Å². The zero-order valence-electron chi connectivity index (χ0n) is 14.2. The highest BCUT2D eigenvalue weighted by Gasteiger charge is 2.18. The number of aromatic nitrogens is 3. The van der Waals surface area contributed by atoms with Gasteiger partial charge in [0.25, 0.3) is 0 Å². The molecule has 2 N–H and O–H groups in total. The van der Waals surface area contributed by atoms with E-state index in [1.165, 1.54) is 37.9 Å². The van der Waals surface area contributed by atoms with Gasteiger partial charge in [-0.05, 0) is 18.8 Å². The third-order valence-electron chi connectivity index (χ3n) is 4.41. The highest BCUT2D eigenvalue weighted by Crippen LogP contribution is 2.29. The summed E-state index contributed by atoms with van der Waals surface area (Å²) in [6.07, 6.45) is 9.99. The van der Waals surface area contributed by atoms with Crippen LogP contribution in [-0.2, 0) is 0 Å². The molecule has 1 aliphatic rings. The zero-order valence-corrected chi connectivity index (χ0v) is 14.2. The van der Waals surface area contributed by atoms with Crippen LogP contribution in [0.25, 0.3) is 0 Å². The number of hydrogen-bond acceptors (Lipinski definition) is 8. The van der Waals surface area contributed by atoms with Crippen LogP contribution in [0.1, 0.15) is 37.8 Å². The summed E-state index contributed by atoms with van der Waals surface area (Å²) in [5.74, 6) is 1.36. The molecule has 0 bridgehead atoms. The Bertz CT molecular complexity index is 811. The zero-order chi connectivity index (χ0) is 18.4. The number of rotatable bonds is 6. The largest absolute Gasteiger partial charge is 0.379 e. The van der Waals surface area contributed by atoms with Crippen LogP contribution in [0.5, 0.6) is 0 Å². The first-order valence-electron chi connectivity index (χ1n) is 8.53. The Kier molecular flexibility index (Phi) is 5.53. The fourth-order valence-electron chi connectivity index (χ4n) is 3.03. The summed E-state index contributed by atoms with van der Waals surface area (Å²) in [6.45, 7) is 0.709. The van der Waals surface area contributed by atoms with Crippen LogP contribution in [0.3, 0.4) is 0 Å². The maximum Gasteiger partial charge on any atom is 0.310 e. The van der Waals surface area contributed by atoms with Crippen molar-refractivity contribution in [3.05, 3.63) is 40.5 Å². The second-order valence-electron chi connectivity index (χ2n) is 6.25. The molecule has 9 nitrogen and oxygen atoms in total. The van der Waals surface area contributed by atoms with Gasteiger partial charge in [-0.3, -0.25) is 10.1 Å². The maximum absolute atomic E-state index is 11.3. The van der Waals surface area contributed by atoms with Crippen LogP contribution in [-0.4, -0.2) is 26.4 Å². The minimum atomic E-state index is -0.443. The third kappa shape index (κ3) is 4.42. The highest BCUT2D eigenvalue weighted by molar-refractivity contribution is 5.67. The lowest BCUT2D eigenvalue weighted by molar-refractivity contribution is -0.384. The number of nitriles is 1. The summed E-state index contributed by atoms with van der Waals surface area (Å²) < 4.78 is 0. The molecule has 3 rings (SSSR count). The first-order chi connectivity index (χ1) is 12.7. The smallest absolute Gasteiger partial charge is 0.310 e. The lowest BCUT2D eigenvalue weighted by Crippen LogP contribution is -2.17. The molecule has 2 aromatic heterocycles. The molecule has 0 spiro atoms. The Morgan fingerprint density at radius 1 is 1.15 bits per heavy atom. The molecule has 0 aliphatic heterocycles. The number of nitrogens with zero attached hydrogens (tertiary/aromatic N) is 5. The SMILES string of the molecule is N#Cc1cnc(Nc2cc(NCC3CCCCC3)c([N+](=O)[O-])cn2)cn1. The number of anilines is 3. The molecular weight excluding hydrogens is 334 g/mol. The topological polar surface area (TPSA) is 130 Å². The van der Waals surface area contributed by atoms with Crippen molar-refractivity contribution >= 4 is 23.0 Å². The predicted octanol–water partition coefficient (Wildman–Crippen LogP) is 3.39. The molecule has 1 fully saturated rings. The molecule has 26 heavy (non-hydrogen) atoms. The fourth-order valence-corrected chi connectivity index (χ4v) is 3.03. The first-order valence-corrected chi connectivity index (χ1v) is 8.53. The molecule has 9 heteroatoms. The molecule has 134 valence electrons. The van der Waals surface area contributed by atoms with Crippen molar-refractivity contribution in [2.75, 3.05) is 17.2 Å². The van der Waals surface area contributed by atoms with E-state index in [0.717, 1.165) is 12.8 Å². The van der Waals surface area contributed by atoms with E-state index < -0.39 is 4.92 Å². The number of nitrogens with one attached hydrogen (secondary N) is 2. The summed E-state index contributed by atoms with van der Waals surface area (Å²) in [6, 6.07) is 3.49.